The van der Waals surface area contributed by atoms with Gasteiger partial charge in [-0.15, -0.1) is 0 Å². The molecule has 2 heterocycles. The molecule has 224 valence electrons. The van der Waals surface area contributed by atoms with Gasteiger partial charge in [-0.3, -0.25) is 14.5 Å². The van der Waals surface area contributed by atoms with Gasteiger partial charge in [-0.2, -0.15) is 13.2 Å². The summed E-state index contributed by atoms with van der Waals surface area (Å²) in [5.74, 6) is -3.75. The van der Waals surface area contributed by atoms with Crippen LogP contribution in [0.3, 0.4) is 0 Å². The van der Waals surface area contributed by atoms with Crippen molar-refractivity contribution in [1.82, 2.24) is 14.7 Å². The molecule has 2 aliphatic rings. The summed E-state index contributed by atoms with van der Waals surface area (Å²) in [4.78, 5) is 40.4. The van der Waals surface area contributed by atoms with E-state index in [1.165, 1.54) is 43.0 Å². The van der Waals surface area contributed by atoms with E-state index in [2.05, 4.69) is 11.8 Å². The third-order valence-electron chi connectivity index (χ3n) is 7.38. The maximum absolute atomic E-state index is 13.9. The van der Waals surface area contributed by atoms with Crippen molar-refractivity contribution in [2.24, 2.45) is 5.92 Å². The second-order valence-corrected chi connectivity index (χ2v) is 10.5. The smallest absolute Gasteiger partial charge is 0.475 e. The third-order valence-corrected chi connectivity index (χ3v) is 7.38. The molecule has 0 unspecified atom stereocenters. The Labute approximate surface area is 235 Å². The number of likely N-dealkylation sites (tertiary alicyclic amines) is 2. The minimum atomic E-state index is -5.08. The van der Waals surface area contributed by atoms with E-state index in [1.54, 1.807) is 24.3 Å². The summed E-state index contributed by atoms with van der Waals surface area (Å²) >= 11 is 0. The Bertz CT molecular complexity index is 1190. The van der Waals surface area contributed by atoms with E-state index in [4.69, 9.17) is 9.90 Å². The maximum Gasteiger partial charge on any atom is 0.490 e. The molecule has 0 radical (unpaired) electrons. The van der Waals surface area contributed by atoms with Crippen LogP contribution in [0.25, 0.3) is 0 Å². The van der Waals surface area contributed by atoms with Crippen molar-refractivity contribution in [2.75, 3.05) is 33.2 Å². The number of carbonyl (C=O) groups is 3. The van der Waals surface area contributed by atoms with Crippen LogP contribution >= 0.6 is 0 Å². The van der Waals surface area contributed by atoms with Gasteiger partial charge in [0.05, 0.1) is 6.54 Å². The number of carboxylic acids is 1. The lowest BCUT2D eigenvalue weighted by Crippen LogP contribution is -2.49. The molecular weight excluding hydrogens is 549 g/mol. The van der Waals surface area contributed by atoms with Gasteiger partial charge in [0.2, 0.25) is 0 Å². The number of aliphatic carboxylic acids is 1. The van der Waals surface area contributed by atoms with Crippen molar-refractivity contribution in [2.45, 2.75) is 51.4 Å². The Morgan fingerprint density at radius 3 is 1.98 bits per heavy atom. The molecule has 2 fully saturated rings. The Morgan fingerprint density at radius 1 is 0.927 bits per heavy atom. The van der Waals surface area contributed by atoms with Crippen molar-refractivity contribution >= 4 is 17.8 Å². The molecule has 0 aromatic heterocycles. The molecule has 1 atom stereocenters. The predicted molar refractivity (Wildman–Crippen MR) is 141 cm³/mol. The standard InChI is InChI=1S/C27H33F2N3O2.C2HF3O2/c1-19-5-4-14-32(17-19)22-12-15-31(16-13-22)27(34)21-10-8-20(9-11-21)26(33)30(2)18-23-24(28)6-3-7-25(23)29;3-2(4,5)1(6)7/h3,6-11,19,22H,4-5,12-18H2,1-2H3;(H,6,7)/t19-;/m1./s1. The molecule has 2 aromatic carbocycles. The van der Waals surface area contributed by atoms with Crippen LogP contribution in [-0.4, -0.2) is 83.0 Å². The number of piperidine rings is 2. The molecule has 4 rings (SSSR count). The van der Waals surface area contributed by atoms with E-state index in [0.717, 1.165) is 44.9 Å². The molecule has 7 nitrogen and oxygen atoms in total. The summed E-state index contributed by atoms with van der Waals surface area (Å²) in [6.45, 7) is 5.94. The second-order valence-electron chi connectivity index (χ2n) is 10.5. The van der Waals surface area contributed by atoms with Crippen LogP contribution in [0.4, 0.5) is 22.0 Å². The topological polar surface area (TPSA) is 81.2 Å². The van der Waals surface area contributed by atoms with E-state index in [-0.39, 0.29) is 23.9 Å². The number of carboxylic acid groups (broad SMARTS) is 1. The lowest BCUT2D eigenvalue weighted by molar-refractivity contribution is -0.192. The first kappa shape index (κ1) is 32.0. The third kappa shape index (κ3) is 8.72. The molecule has 0 aliphatic carbocycles. The van der Waals surface area contributed by atoms with Crippen LogP contribution in [-0.2, 0) is 11.3 Å². The fraction of sp³-hybridized carbons (Fsp3) is 0.483. The number of benzene rings is 2. The largest absolute Gasteiger partial charge is 0.490 e. The Kier molecular flexibility index (Phi) is 10.8. The fourth-order valence-electron chi connectivity index (χ4n) is 5.14. The fourth-order valence-corrected chi connectivity index (χ4v) is 5.14. The van der Waals surface area contributed by atoms with Crippen LogP contribution in [0.5, 0.6) is 0 Å². The number of hydrogen-bond acceptors (Lipinski definition) is 4. The molecule has 1 N–H and O–H groups in total. The first-order valence-corrected chi connectivity index (χ1v) is 13.4. The normalized spacial score (nSPS) is 18.3. The SMILES string of the molecule is C[C@@H]1CCCN(C2CCN(C(=O)c3ccc(C(=O)N(C)Cc4c(F)cccc4F)cc3)CC2)C1.O=C(O)C(F)(F)F. The number of halogens is 5. The van der Waals surface area contributed by atoms with Crippen LogP contribution in [0.1, 0.15) is 58.9 Å². The van der Waals surface area contributed by atoms with Gasteiger partial charge < -0.3 is 14.9 Å². The van der Waals surface area contributed by atoms with Crippen molar-refractivity contribution in [3.8, 4) is 0 Å². The number of amides is 2. The minimum absolute atomic E-state index is 0.0220. The van der Waals surface area contributed by atoms with Gasteiger partial charge in [0.15, 0.2) is 0 Å². The zero-order valence-electron chi connectivity index (χ0n) is 23.0. The molecule has 41 heavy (non-hydrogen) atoms. The highest BCUT2D eigenvalue weighted by Gasteiger charge is 2.38. The zero-order valence-corrected chi connectivity index (χ0v) is 23.0. The molecule has 0 spiro atoms. The number of carbonyl (C=O) groups excluding carboxylic acids is 2. The Morgan fingerprint density at radius 2 is 1.46 bits per heavy atom. The van der Waals surface area contributed by atoms with Gasteiger partial charge >= 0.3 is 12.1 Å². The average molecular weight is 584 g/mol. The second kappa shape index (κ2) is 13.9. The van der Waals surface area contributed by atoms with Gasteiger partial charge in [-0.05, 0) is 74.5 Å². The van der Waals surface area contributed by atoms with Gasteiger partial charge in [-0.1, -0.05) is 13.0 Å². The molecule has 0 saturated carbocycles. The monoisotopic (exact) mass is 583 g/mol. The molecule has 12 heteroatoms. The van der Waals surface area contributed by atoms with Gasteiger partial charge in [0, 0.05) is 49.4 Å². The highest BCUT2D eigenvalue weighted by molar-refractivity contribution is 5.97. The summed E-state index contributed by atoms with van der Waals surface area (Å²) in [6.07, 6.45) is -0.531. The van der Waals surface area contributed by atoms with E-state index in [1.807, 2.05) is 4.90 Å². The average Bonchev–Trinajstić information content (AvgIpc) is 2.94. The maximum atomic E-state index is 13.9. The number of hydrogen-bond donors (Lipinski definition) is 1. The van der Waals surface area contributed by atoms with E-state index in [0.29, 0.717) is 17.2 Å². The van der Waals surface area contributed by atoms with E-state index in [9.17, 15) is 31.5 Å². The minimum Gasteiger partial charge on any atom is -0.475 e. The molecule has 2 amide bonds. The van der Waals surface area contributed by atoms with Crippen LogP contribution in [0.15, 0.2) is 42.5 Å². The summed E-state index contributed by atoms with van der Waals surface area (Å²) in [6, 6.07) is 10.7. The Balaban J connectivity index is 0.000000587. The highest BCUT2D eigenvalue weighted by atomic mass is 19.4. The molecule has 2 aliphatic heterocycles. The number of alkyl halides is 3. The van der Waals surface area contributed by atoms with Crippen LogP contribution < -0.4 is 0 Å². The summed E-state index contributed by atoms with van der Waals surface area (Å²) in [5, 5.41) is 7.12. The quantitative estimate of drug-likeness (QED) is 0.489. The van der Waals surface area contributed by atoms with E-state index < -0.39 is 23.8 Å². The lowest BCUT2D eigenvalue weighted by atomic mass is 9.95. The zero-order chi connectivity index (χ0) is 30.3. The predicted octanol–water partition coefficient (Wildman–Crippen LogP) is 5.21. The Hall–Kier alpha value is -3.54. The molecule has 0 bridgehead atoms. The van der Waals surface area contributed by atoms with Crippen molar-refractivity contribution in [1.29, 1.82) is 0 Å². The van der Waals surface area contributed by atoms with Crippen LogP contribution in [0, 0.1) is 17.6 Å². The van der Waals surface area contributed by atoms with Gasteiger partial charge in [-0.25, -0.2) is 13.6 Å². The molecular formula is C29H34F5N3O4. The summed E-state index contributed by atoms with van der Waals surface area (Å²) < 4.78 is 59.6. The first-order chi connectivity index (χ1) is 19.3. The number of rotatable bonds is 5. The van der Waals surface area contributed by atoms with E-state index >= 15 is 0 Å². The molecule has 2 saturated heterocycles. The highest BCUT2D eigenvalue weighted by Crippen LogP contribution is 2.24. The van der Waals surface area contributed by atoms with Crippen molar-refractivity contribution in [3.63, 3.8) is 0 Å². The van der Waals surface area contributed by atoms with Crippen molar-refractivity contribution < 1.29 is 41.4 Å². The van der Waals surface area contributed by atoms with Gasteiger partial charge in [0.1, 0.15) is 11.6 Å². The first-order valence-electron chi connectivity index (χ1n) is 13.4. The van der Waals surface area contributed by atoms with Gasteiger partial charge in [0.25, 0.3) is 11.8 Å². The number of nitrogens with zero attached hydrogens (tertiary/aromatic N) is 3. The summed E-state index contributed by atoms with van der Waals surface area (Å²) in [5.41, 5.74) is 0.769. The van der Waals surface area contributed by atoms with Crippen molar-refractivity contribution in [3.05, 3.63) is 70.8 Å². The lowest BCUT2D eigenvalue weighted by Gasteiger charge is -2.41. The van der Waals surface area contributed by atoms with Crippen LogP contribution in [0.2, 0.25) is 0 Å². The molecule has 2 aromatic rings. The summed E-state index contributed by atoms with van der Waals surface area (Å²) in [7, 11) is 1.50.